The van der Waals surface area contributed by atoms with Gasteiger partial charge in [0.25, 0.3) is 0 Å². The minimum Gasteiger partial charge on any atom is -0.342 e. The lowest BCUT2D eigenvalue weighted by molar-refractivity contribution is -0.135. The van der Waals surface area contributed by atoms with Crippen molar-refractivity contribution in [3.63, 3.8) is 0 Å². The van der Waals surface area contributed by atoms with Crippen LogP contribution in [0.5, 0.6) is 0 Å². The van der Waals surface area contributed by atoms with Crippen LogP contribution in [0.2, 0.25) is 0 Å². The maximum atomic E-state index is 12.3. The quantitative estimate of drug-likeness (QED) is 0.801. The molecule has 17 heavy (non-hydrogen) atoms. The van der Waals surface area contributed by atoms with Crippen LogP contribution in [0.1, 0.15) is 52.4 Å². The number of rotatable bonds is 2. The average molecular weight is 238 g/mol. The Bertz CT molecular complexity index is 274. The van der Waals surface area contributed by atoms with E-state index >= 15 is 0 Å². The van der Waals surface area contributed by atoms with Crippen LogP contribution in [0.15, 0.2) is 0 Å². The first-order valence-electron chi connectivity index (χ1n) is 7.05. The van der Waals surface area contributed by atoms with E-state index in [1.165, 1.54) is 19.3 Å². The SMILES string of the molecule is CC1CC(C)CN(C(=O)CC2(N)CCCC2)C1. The monoisotopic (exact) mass is 238 g/mol. The first-order valence-corrected chi connectivity index (χ1v) is 7.05. The molecule has 2 aliphatic rings. The molecule has 0 radical (unpaired) electrons. The molecule has 0 aromatic heterocycles. The summed E-state index contributed by atoms with van der Waals surface area (Å²) in [5.41, 5.74) is 6.10. The van der Waals surface area contributed by atoms with Crippen LogP contribution < -0.4 is 5.73 Å². The Balaban J connectivity index is 1.90. The summed E-state index contributed by atoms with van der Waals surface area (Å²) in [5.74, 6) is 1.56. The lowest BCUT2D eigenvalue weighted by Crippen LogP contribution is -2.48. The van der Waals surface area contributed by atoms with Gasteiger partial charge in [-0.2, -0.15) is 0 Å². The van der Waals surface area contributed by atoms with Crippen LogP contribution in [-0.4, -0.2) is 29.4 Å². The Morgan fingerprint density at radius 3 is 2.29 bits per heavy atom. The van der Waals surface area contributed by atoms with Crippen molar-refractivity contribution < 1.29 is 4.79 Å². The highest BCUT2D eigenvalue weighted by Crippen LogP contribution is 2.31. The molecule has 1 aliphatic carbocycles. The normalized spacial score (nSPS) is 32.8. The molecule has 2 unspecified atom stereocenters. The lowest BCUT2D eigenvalue weighted by atomic mass is 9.89. The molecule has 0 spiro atoms. The van der Waals surface area contributed by atoms with Gasteiger partial charge >= 0.3 is 0 Å². The minimum atomic E-state index is -0.193. The van der Waals surface area contributed by atoms with Crippen LogP contribution >= 0.6 is 0 Å². The molecule has 1 saturated heterocycles. The maximum Gasteiger partial charge on any atom is 0.224 e. The van der Waals surface area contributed by atoms with E-state index in [-0.39, 0.29) is 11.4 Å². The van der Waals surface area contributed by atoms with Crippen molar-refractivity contribution in [1.82, 2.24) is 4.90 Å². The molecule has 98 valence electrons. The molecule has 2 N–H and O–H groups in total. The molecule has 1 aliphatic heterocycles. The van der Waals surface area contributed by atoms with Gasteiger partial charge in [0.05, 0.1) is 0 Å². The first-order chi connectivity index (χ1) is 7.98. The number of hydrogen-bond donors (Lipinski definition) is 1. The summed E-state index contributed by atoms with van der Waals surface area (Å²) in [5, 5.41) is 0. The topological polar surface area (TPSA) is 46.3 Å². The predicted molar refractivity (Wildman–Crippen MR) is 69.5 cm³/mol. The number of carbonyl (C=O) groups is 1. The van der Waals surface area contributed by atoms with Gasteiger partial charge in [-0.25, -0.2) is 0 Å². The van der Waals surface area contributed by atoms with Gasteiger partial charge in [0, 0.05) is 25.0 Å². The fraction of sp³-hybridized carbons (Fsp3) is 0.929. The summed E-state index contributed by atoms with van der Waals surface area (Å²) >= 11 is 0. The number of nitrogens with zero attached hydrogens (tertiary/aromatic N) is 1. The average Bonchev–Trinajstić information content (AvgIpc) is 2.63. The number of amides is 1. The number of carbonyl (C=O) groups excluding carboxylic acids is 1. The summed E-state index contributed by atoms with van der Waals surface area (Å²) in [6, 6.07) is 0. The van der Waals surface area contributed by atoms with E-state index in [0.717, 1.165) is 25.9 Å². The van der Waals surface area contributed by atoms with Gasteiger partial charge in [-0.3, -0.25) is 4.79 Å². The van der Waals surface area contributed by atoms with Gasteiger partial charge in [0.1, 0.15) is 0 Å². The van der Waals surface area contributed by atoms with Crippen molar-refractivity contribution in [3.05, 3.63) is 0 Å². The van der Waals surface area contributed by atoms with Crippen molar-refractivity contribution in [1.29, 1.82) is 0 Å². The summed E-state index contributed by atoms with van der Waals surface area (Å²) in [4.78, 5) is 14.3. The van der Waals surface area contributed by atoms with Gasteiger partial charge in [0.15, 0.2) is 0 Å². The zero-order chi connectivity index (χ0) is 12.5. The Hall–Kier alpha value is -0.570. The van der Waals surface area contributed by atoms with E-state index in [2.05, 4.69) is 13.8 Å². The van der Waals surface area contributed by atoms with Crippen molar-refractivity contribution in [2.45, 2.75) is 57.9 Å². The van der Waals surface area contributed by atoms with Gasteiger partial charge in [-0.15, -0.1) is 0 Å². The van der Waals surface area contributed by atoms with Crippen LogP contribution in [0.25, 0.3) is 0 Å². The molecular weight excluding hydrogens is 212 g/mol. The highest BCUT2D eigenvalue weighted by atomic mass is 16.2. The number of piperidine rings is 1. The van der Waals surface area contributed by atoms with Crippen LogP contribution in [-0.2, 0) is 4.79 Å². The summed E-state index contributed by atoms with van der Waals surface area (Å²) in [6.45, 7) is 6.34. The van der Waals surface area contributed by atoms with Crippen LogP contribution in [0, 0.1) is 11.8 Å². The lowest BCUT2D eigenvalue weighted by Gasteiger charge is -2.36. The Morgan fingerprint density at radius 1 is 1.24 bits per heavy atom. The Labute approximate surface area is 105 Å². The van der Waals surface area contributed by atoms with E-state index in [1.807, 2.05) is 4.90 Å². The predicted octanol–water partition coefficient (Wildman–Crippen LogP) is 2.15. The molecule has 1 amide bonds. The highest BCUT2D eigenvalue weighted by molar-refractivity contribution is 5.77. The number of nitrogens with two attached hydrogens (primary N) is 1. The largest absolute Gasteiger partial charge is 0.342 e. The molecule has 2 rings (SSSR count). The molecule has 3 heteroatoms. The second-order valence-corrected chi connectivity index (χ2v) is 6.49. The van der Waals surface area contributed by atoms with E-state index in [4.69, 9.17) is 5.73 Å². The van der Waals surface area contributed by atoms with Crippen LogP contribution in [0.4, 0.5) is 0 Å². The molecule has 1 heterocycles. The summed E-state index contributed by atoms with van der Waals surface area (Å²) < 4.78 is 0. The minimum absolute atomic E-state index is 0.193. The molecule has 0 bridgehead atoms. The molecule has 0 aromatic rings. The zero-order valence-electron chi connectivity index (χ0n) is 11.2. The Kier molecular flexibility index (Phi) is 3.76. The third-order valence-corrected chi connectivity index (χ3v) is 4.32. The van der Waals surface area contributed by atoms with Crippen molar-refractivity contribution in [2.75, 3.05) is 13.1 Å². The Morgan fingerprint density at radius 2 is 1.76 bits per heavy atom. The van der Waals surface area contributed by atoms with Crippen molar-refractivity contribution in [2.24, 2.45) is 17.6 Å². The molecule has 3 nitrogen and oxygen atoms in total. The van der Waals surface area contributed by atoms with Gasteiger partial charge in [-0.1, -0.05) is 26.7 Å². The number of likely N-dealkylation sites (tertiary alicyclic amines) is 1. The third-order valence-electron chi connectivity index (χ3n) is 4.32. The molecular formula is C14H26N2O. The second kappa shape index (κ2) is 4.97. The zero-order valence-corrected chi connectivity index (χ0v) is 11.2. The fourth-order valence-electron chi connectivity index (χ4n) is 3.54. The number of hydrogen-bond acceptors (Lipinski definition) is 2. The standard InChI is InChI=1S/C14H26N2O/c1-11-7-12(2)10-16(9-11)13(17)8-14(15)5-3-4-6-14/h11-12H,3-10,15H2,1-2H3. The molecule has 0 aromatic carbocycles. The maximum absolute atomic E-state index is 12.3. The third kappa shape index (κ3) is 3.21. The molecule has 2 fully saturated rings. The van der Waals surface area contributed by atoms with Crippen molar-refractivity contribution in [3.8, 4) is 0 Å². The van der Waals surface area contributed by atoms with Gasteiger partial charge < -0.3 is 10.6 Å². The summed E-state index contributed by atoms with van der Waals surface area (Å²) in [7, 11) is 0. The first kappa shape index (κ1) is 12.9. The van der Waals surface area contributed by atoms with E-state index in [9.17, 15) is 4.79 Å². The second-order valence-electron chi connectivity index (χ2n) is 6.49. The molecule has 1 saturated carbocycles. The van der Waals surface area contributed by atoms with E-state index in [1.54, 1.807) is 0 Å². The smallest absolute Gasteiger partial charge is 0.224 e. The van der Waals surface area contributed by atoms with Crippen LogP contribution in [0.3, 0.4) is 0 Å². The van der Waals surface area contributed by atoms with E-state index < -0.39 is 0 Å². The van der Waals surface area contributed by atoms with Crippen molar-refractivity contribution >= 4 is 5.91 Å². The van der Waals surface area contributed by atoms with E-state index in [0.29, 0.717) is 18.3 Å². The molecule has 2 atom stereocenters. The summed E-state index contributed by atoms with van der Waals surface area (Å²) in [6.07, 6.45) is 6.24. The van der Waals surface area contributed by atoms with Gasteiger partial charge in [-0.05, 0) is 31.1 Å². The fourth-order valence-corrected chi connectivity index (χ4v) is 3.54. The highest BCUT2D eigenvalue weighted by Gasteiger charge is 2.34. The van der Waals surface area contributed by atoms with Gasteiger partial charge in [0.2, 0.25) is 5.91 Å².